The molecule has 0 radical (unpaired) electrons. The van der Waals surface area contributed by atoms with Gasteiger partial charge in [-0.1, -0.05) is 30.3 Å². The molecule has 0 N–H and O–H groups in total. The summed E-state index contributed by atoms with van der Waals surface area (Å²) in [5.74, 6) is 0.125. The average Bonchev–Trinajstić information content (AvgIpc) is 3.16. The number of benzene rings is 1. The number of likely N-dealkylation sites (tertiary alicyclic amines) is 1. The maximum Gasteiger partial charge on any atom is 0.271 e. The van der Waals surface area contributed by atoms with E-state index in [-0.39, 0.29) is 5.91 Å². The van der Waals surface area contributed by atoms with Crippen molar-refractivity contribution in [1.29, 1.82) is 0 Å². The molecule has 1 unspecified atom stereocenters. The van der Waals surface area contributed by atoms with Gasteiger partial charge in [0.2, 0.25) is 0 Å². The summed E-state index contributed by atoms with van der Waals surface area (Å²) in [5, 5.41) is 1.93. The molecule has 1 aromatic carbocycles. The van der Waals surface area contributed by atoms with Crippen molar-refractivity contribution in [1.82, 2.24) is 14.3 Å². The first-order chi connectivity index (χ1) is 11.2. The van der Waals surface area contributed by atoms with Crippen LogP contribution in [0.3, 0.4) is 0 Å². The second-order valence-corrected chi connectivity index (χ2v) is 6.95. The lowest BCUT2D eigenvalue weighted by Crippen LogP contribution is -2.42. The zero-order valence-electron chi connectivity index (χ0n) is 13.1. The lowest BCUT2D eigenvalue weighted by atomic mass is 10.0. The van der Waals surface area contributed by atoms with E-state index in [2.05, 4.69) is 11.9 Å². The van der Waals surface area contributed by atoms with E-state index in [0.717, 1.165) is 41.3 Å². The van der Waals surface area contributed by atoms with Crippen LogP contribution in [0.2, 0.25) is 0 Å². The summed E-state index contributed by atoms with van der Waals surface area (Å²) in [4.78, 5) is 20.5. The predicted octanol–water partition coefficient (Wildman–Crippen LogP) is 4.08. The first-order valence-electron chi connectivity index (χ1n) is 8.07. The maximum atomic E-state index is 12.9. The fourth-order valence-corrected chi connectivity index (χ4v) is 4.08. The molecule has 3 heterocycles. The van der Waals surface area contributed by atoms with E-state index in [0.29, 0.717) is 6.04 Å². The molecule has 1 saturated heterocycles. The second-order valence-electron chi connectivity index (χ2n) is 6.11. The first kappa shape index (κ1) is 14.5. The predicted molar refractivity (Wildman–Crippen MR) is 92.9 cm³/mol. The van der Waals surface area contributed by atoms with Gasteiger partial charge in [0.1, 0.15) is 5.69 Å². The van der Waals surface area contributed by atoms with Crippen LogP contribution in [0.5, 0.6) is 0 Å². The van der Waals surface area contributed by atoms with Crippen LogP contribution in [0.15, 0.2) is 41.9 Å². The van der Waals surface area contributed by atoms with Crippen LogP contribution in [0, 0.1) is 0 Å². The Morgan fingerprint density at radius 1 is 1.26 bits per heavy atom. The van der Waals surface area contributed by atoms with Crippen LogP contribution < -0.4 is 0 Å². The number of carbonyl (C=O) groups excluding carboxylic acids is 1. The molecule has 4 nitrogen and oxygen atoms in total. The molecule has 5 heteroatoms. The fraction of sp³-hybridized carbons (Fsp3) is 0.333. The summed E-state index contributed by atoms with van der Waals surface area (Å²) >= 11 is 1.53. The van der Waals surface area contributed by atoms with Gasteiger partial charge in [-0.3, -0.25) is 9.20 Å². The number of imidazole rings is 1. The highest BCUT2D eigenvalue weighted by atomic mass is 32.1. The smallest absolute Gasteiger partial charge is 0.271 e. The van der Waals surface area contributed by atoms with E-state index in [4.69, 9.17) is 0 Å². The van der Waals surface area contributed by atoms with Crippen molar-refractivity contribution in [3.05, 3.63) is 47.6 Å². The van der Waals surface area contributed by atoms with Gasteiger partial charge in [-0.2, -0.15) is 0 Å². The Kier molecular flexibility index (Phi) is 3.65. The Hall–Kier alpha value is -2.14. The highest BCUT2D eigenvalue weighted by molar-refractivity contribution is 7.15. The maximum absolute atomic E-state index is 12.9. The standard InChI is InChI=1S/C18H19N3OS/c1-13-7-5-6-10-20(13)17(22)16-12-23-18-19-15(11-21(16)18)14-8-3-2-4-9-14/h2-4,8-9,11-13H,5-7,10H2,1H3. The van der Waals surface area contributed by atoms with Gasteiger partial charge in [0.15, 0.2) is 4.96 Å². The van der Waals surface area contributed by atoms with E-state index in [1.54, 1.807) is 0 Å². The lowest BCUT2D eigenvalue weighted by molar-refractivity contribution is 0.0629. The molecule has 4 rings (SSSR count). The molecule has 0 bridgehead atoms. The topological polar surface area (TPSA) is 37.6 Å². The summed E-state index contributed by atoms with van der Waals surface area (Å²) in [6, 6.07) is 10.4. The highest BCUT2D eigenvalue weighted by Gasteiger charge is 2.26. The van der Waals surface area contributed by atoms with Gasteiger partial charge in [-0.25, -0.2) is 4.98 Å². The molecular weight excluding hydrogens is 306 g/mol. The highest BCUT2D eigenvalue weighted by Crippen LogP contribution is 2.26. The number of hydrogen-bond acceptors (Lipinski definition) is 3. The third-order valence-electron chi connectivity index (χ3n) is 4.56. The number of thiazole rings is 1. The van der Waals surface area contributed by atoms with Gasteiger partial charge in [-0.05, 0) is 26.2 Å². The third kappa shape index (κ3) is 2.55. The quantitative estimate of drug-likeness (QED) is 0.712. The molecule has 0 aliphatic carbocycles. The van der Waals surface area contributed by atoms with Gasteiger partial charge < -0.3 is 4.90 Å². The molecule has 1 amide bonds. The number of fused-ring (bicyclic) bond motifs is 1. The van der Waals surface area contributed by atoms with Gasteiger partial charge >= 0.3 is 0 Å². The zero-order valence-corrected chi connectivity index (χ0v) is 13.9. The molecule has 118 valence electrons. The van der Waals surface area contributed by atoms with E-state index in [9.17, 15) is 4.79 Å². The first-order valence-corrected chi connectivity index (χ1v) is 8.95. The Bertz CT molecular complexity index is 836. The molecule has 0 saturated carbocycles. The van der Waals surface area contributed by atoms with Gasteiger partial charge in [0.25, 0.3) is 5.91 Å². The molecule has 1 fully saturated rings. The van der Waals surface area contributed by atoms with Crippen molar-refractivity contribution in [2.45, 2.75) is 32.2 Å². The van der Waals surface area contributed by atoms with Crippen LogP contribution in [0.4, 0.5) is 0 Å². The number of amides is 1. The van der Waals surface area contributed by atoms with Crippen LogP contribution in [0.1, 0.15) is 36.7 Å². The summed E-state index contributed by atoms with van der Waals surface area (Å²) in [7, 11) is 0. The Labute approximate surface area is 139 Å². The number of aromatic nitrogens is 2. The van der Waals surface area contributed by atoms with E-state index in [1.807, 2.05) is 51.2 Å². The van der Waals surface area contributed by atoms with Crippen LogP contribution in [0.25, 0.3) is 16.2 Å². The van der Waals surface area contributed by atoms with Crippen LogP contribution >= 0.6 is 11.3 Å². The van der Waals surface area contributed by atoms with Crippen molar-refractivity contribution in [3.63, 3.8) is 0 Å². The minimum atomic E-state index is 0.125. The molecule has 3 aromatic rings. The summed E-state index contributed by atoms with van der Waals surface area (Å²) in [6.07, 6.45) is 5.39. The van der Waals surface area contributed by atoms with Gasteiger partial charge in [0.05, 0.1) is 5.69 Å². The van der Waals surface area contributed by atoms with Crippen molar-refractivity contribution >= 4 is 22.2 Å². The Morgan fingerprint density at radius 3 is 2.87 bits per heavy atom. The number of rotatable bonds is 2. The van der Waals surface area contributed by atoms with Crippen LogP contribution in [-0.4, -0.2) is 32.8 Å². The summed E-state index contributed by atoms with van der Waals surface area (Å²) in [5.41, 5.74) is 2.72. The van der Waals surface area contributed by atoms with Crippen molar-refractivity contribution in [2.24, 2.45) is 0 Å². The SMILES string of the molecule is CC1CCCCN1C(=O)c1csc2nc(-c3ccccc3)cn12. The number of piperidine rings is 1. The molecule has 23 heavy (non-hydrogen) atoms. The average molecular weight is 325 g/mol. The van der Waals surface area contributed by atoms with E-state index < -0.39 is 0 Å². The molecule has 2 aromatic heterocycles. The minimum Gasteiger partial charge on any atom is -0.335 e. The normalized spacial score (nSPS) is 18.5. The van der Waals surface area contributed by atoms with Crippen molar-refractivity contribution in [3.8, 4) is 11.3 Å². The van der Waals surface area contributed by atoms with E-state index >= 15 is 0 Å². The van der Waals surface area contributed by atoms with Crippen LogP contribution in [-0.2, 0) is 0 Å². The zero-order chi connectivity index (χ0) is 15.8. The third-order valence-corrected chi connectivity index (χ3v) is 5.40. The lowest BCUT2D eigenvalue weighted by Gasteiger charge is -2.33. The van der Waals surface area contributed by atoms with Gasteiger partial charge in [0, 0.05) is 29.7 Å². The largest absolute Gasteiger partial charge is 0.335 e. The molecular formula is C18H19N3OS. The second kappa shape index (κ2) is 5.81. The molecule has 1 atom stereocenters. The molecule has 1 aliphatic rings. The summed E-state index contributed by atoms with van der Waals surface area (Å²) < 4.78 is 1.94. The van der Waals surface area contributed by atoms with E-state index in [1.165, 1.54) is 17.8 Å². The molecule has 0 spiro atoms. The van der Waals surface area contributed by atoms with Gasteiger partial charge in [-0.15, -0.1) is 11.3 Å². The van der Waals surface area contributed by atoms with Crippen molar-refractivity contribution in [2.75, 3.05) is 6.54 Å². The fourth-order valence-electron chi connectivity index (χ4n) is 3.23. The molecule has 1 aliphatic heterocycles. The number of nitrogens with zero attached hydrogens (tertiary/aromatic N) is 3. The number of carbonyl (C=O) groups is 1. The monoisotopic (exact) mass is 325 g/mol. The number of hydrogen-bond donors (Lipinski definition) is 0. The summed E-state index contributed by atoms with van der Waals surface area (Å²) in [6.45, 7) is 3.00. The Balaban J connectivity index is 1.71. The Morgan fingerprint density at radius 2 is 2.09 bits per heavy atom. The minimum absolute atomic E-state index is 0.125. The van der Waals surface area contributed by atoms with Crippen molar-refractivity contribution < 1.29 is 4.79 Å².